The van der Waals surface area contributed by atoms with Crippen LogP contribution in [0.2, 0.25) is 0 Å². The van der Waals surface area contributed by atoms with Gasteiger partial charge < -0.3 is 19.7 Å². The Bertz CT molecular complexity index is 1210. The number of allylic oxidation sites excluding steroid dienone is 1. The van der Waals surface area contributed by atoms with Crippen molar-refractivity contribution in [3.63, 3.8) is 0 Å². The van der Waals surface area contributed by atoms with Crippen LogP contribution >= 0.6 is 0 Å². The summed E-state index contributed by atoms with van der Waals surface area (Å²) in [6.07, 6.45) is -0.351. The molecular formula is C30H33NO4. The average molecular weight is 472 g/mol. The molecule has 0 amide bonds. The van der Waals surface area contributed by atoms with Crippen molar-refractivity contribution in [1.29, 1.82) is 0 Å². The van der Waals surface area contributed by atoms with Crippen molar-refractivity contribution in [3.05, 3.63) is 83.4 Å². The Labute approximate surface area is 207 Å². The fourth-order valence-corrected chi connectivity index (χ4v) is 5.15. The Balaban J connectivity index is 1.37. The van der Waals surface area contributed by atoms with Crippen molar-refractivity contribution < 1.29 is 19.7 Å². The van der Waals surface area contributed by atoms with E-state index >= 15 is 0 Å². The summed E-state index contributed by atoms with van der Waals surface area (Å²) in [6.45, 7) is 10.6. The Morgan fingerprint density at radius 1 is 0.886 bits per heavy atom. The van der Waals surface area contributed by atoms with Gasteiger partial charge in [-0.2, -0.15) is 0 Å². The molecule has 3 aromatic rings. The molecule has 0 saturated carbocycles. The lowest BCUT2D eigenvalue weighted by molar-refractivity contribution is 0.231. The normalized spacial score (nSPS) is 22.1. The summed E-state index contributed by atoms with van der Waals surface area (Å²) in [6, 6.07) is 20.5. The highest BCUT2D eigenvalue weighted by molar-refractivity contribution is 5.95. The van der Waals surface area contributed by atoms with E-state index in [9.17, 15) is 10.2 Å². The highest BCUT2D eigenvalue weighted by Crippen LogP contribution is 2.47. The smallest absolute Gasteiger partial charge is 0.150 e. The fraction of sp³-hybridized carbons (Fsp3) is 0.333. The lowest BCUT2D eigenvalue weighted by Gasteiger charge is -2.31. The zero-order valence-corrected chi connectivity index (χ0v) is 20.6. The lowest BCUT2D eigenvalue weighted by Crippen LogP contribution is -2.26. The molecule has 2 heterocycles. The SMILES string of the molecule is CC1=C(c2ccc(O)cc2)[C@@H](c2ccc(OCCN3C[C@H](C)[C@@H](C)C3)cc2)Oc2cc(O)ccc21. The third-order valence-corrected chi connectivity index (χ3v) is 7.38. The number of phenols is 2. The molecule has 0 spiro atoms. The molecule has 0 bridgehead atoms. The quantitative estimate of drug-likeness (QED) is 0.453. The Morgan fingerprint density at radius 3 is 2.23 bits per heavy atom. The Kier molecular flexibility index (Phi) is 6.44. The van der Waals surface area contributed by atoms with E-state index < -0.39 is 0 Å². The minimum absolute atomic E-state index is 0.175. The highest BCUT2D eigenvalue weighted by atomic mass is 16.5. The van der Waals surface area contributed by atoms with Crippen LogP contribution in [0.15, 0.2) is 66.7 Å². The van der Waals surface area contributed by atoms with Gasteiger partial charge in [0, 0.05) is 36.8 Å². The van der Waals surface area contributed by atoms with E-state index in [1.807, 2.05) is 42.5 Å². The molecule has 5 heteroatoms. The molecule has 3 atom stereocenters. The average Bonchev–Trinajstić information content (AvgIpc) is 3.17. The van der Waals surface area contributed by atoms with Gasteiger partial charge in [-0.15, -0.1) is 0 Å². The van der Waals surface area contributed by atoms with Crippen LogP contribution in [-0.4, -0.2) is 41.4 Å². The van der Waals surface area contributed by atoms with Gasteiger partial charge in [0.1, 0.15) is 35.7 Å². The van der Waals surface area contributed by atoms with Crippen molar-refractivity contribution in [2.24, 2.45) is 11.8 Å². The largest absolute Gasteiger partial charge is 0.508 e. The molecule has 1 saturated heterocycles. The van der Waals surface area contributed by atoms with Gasteiger partial charge in [0.25, 0.3) is 0 Å². The fourth-order valence-electron chi connectivity index (χ4n) is 5.15. The van der Waals surface area contributed by atoms with Crippen LogP contribution in [0.4, 0.5) is 0 Å². The van der Waals surface area contributed by atoms with E-state index in [0.717, 1.165) is 65.1 Å². The third kappa shape index (κ3) is 4.87. The number of hydrogen-bond donors (Lipinski definition) is 2. The molecular weight excluding hydrogens is 438 g/mol. The van der Waals surface area contributed by atoms with Gasteiger partial charge in [0.15, 0.2) is 0 Å². The monoisotopic (exact) mass is 471 g/mol. The number of aromatic hydroxyl groups is 2. The second kappa shape index (κ2) is 9.67. The third-order valence-electron chi connectivity index (χ3n) is 7.38. The first-order valence-corrected chi connectivity index (χ1v) is 12.3. The molecule has 0 aliphatic carbocycles. The number of rotatable bonds is 6. The van der Waals surface area contributed by atoms with Crippen LogP contribution < -0.4 is 9.47 Å². The van der Waals surface area contributed by atoms with E-state index in [1.54, 1.807) is 24.3 Å². The molecule has 0 unspecified atom stereocenters. The van der Waals surface area contributed by atoms with Gasteiger partial charge in [-0.1, -0.05) is 38.1 Å². The van der Waals surface area contributed by atoms with E-state index in [2.05, 4.69) is 25.7 Å². The molecule has 3 aromatic carbocycles. The summed E-state index contributed by atoms with van der Waals surface area (Å²) < 4.78 is 12.5. The van der Waals surface area contributed by atoms with Crippen molar-refractivity contribution in [1.82, 2.24) is 4.90 Å². The first kappa shape index (κ1) is 23.3. The van der Waals surface area contributed by atoms with Crippen LogP contribution in [0.3, 0.4) is 0 Å². The predicted molar refractivity (Wildman–Crippen MR) is 139 cm³/mol. The molecule has 2 aliphatic heterocycles. The number of ether oxygens (including phenoxy) is 2. The first-order chi connectivity index (χ1) is 16.9. The van der Waals surface area contributed by atoms with E-state index in [1.165, 1.54) is 0 Å². The van der Waals surface area contributed by atoms with Crippen molar-refractivity contribution in [2.75, 3.05) is 26.2 Å². The van der Waals surface area contributed by atoms with Crippen LogP contribution in [-0.2, 0) is 0 Å². The predicted octanol–water partition coefficient (Wildman–Crippen LogP) is 6.13. The molecule has 5 rings (SSSR count). The first-order valence-electron chi connectivity index (χ1n) is 12.3. The number of likely N-dealkylation sites (tertiary alicyclic amines) is 1. The summed E-state index contributed by atoms with van der Waals surface area (Å²) in [5, 5.41) is 19.8. The summed E-state index contributed by atoms with van der Waals surface area (Å²) in [5.74, 6) is 3.39. The molecule has 0 aromatic heterocycles. The number of nitrogens with zero attached hydrogens (tertiary/aromatic N) is 1. The number of hydrogen-bond acceptors (Lipinski definition) is 5. The minimum atomic E-state index is -0.351. The zero-order valence-electron chi connectivity index (χ0n) is 20.6. The van der Waals surface area contributed by atoms with Gasteiger partial charge in [0.2, 0.25) is 0 Å². The van der Waals surface area contributed by atoms with Crippen LogP contribution in [0.5, 0.6) is 23.0 Å². The second-order valence-electron chi connectivity index (χ2n) is 9.90. The van der Waals surface area contributed by atoms with Crippen molar-refractivity contribution in [2.45, 2.75) is 26.9 Å². The molecule has 2 aliphatic rings. The molecule has 2 N–H and O–H groups in total. The van der Waals surface area contributed by atoms with Gasteiger partial charge in [0.05, 0.1) is 0 Å². The van der Waals surface area contributed by atoms with Crippen LogP contribution in [0.1, 0.15) is 43.6 Å². The summed E-state index contributed by atoms with van der Waals surface area (Å²) in [5.41, 5.74) is 5.05. The maximum Gasteiger partial charge on any atom is 0.150 e. The van der Waals surface area contributed by atoms with Crippen molar-refractivity contribution >= 4 is 11.1 Å². The zero-order chi connectivity index (χ0) is 24.5. The topological polar surface area (TPSA) is 62.2 Å². The van der Waals surface area contributed by atoms with Crippen LogP contribution in [0, 0.1) is 11.8 Å². The standard InChI is InChI=1S/C30H33NO4/c1-19-17-31(18-20(19)2)14-15-34-26-11-6-23(7-12-26)30-29(22-4-8-24(32)9-5-22)21(3)27-13-10-25(33)16-28(27)35-30/h4-13,16,19-20,30,32-33H,14-15,17-18H2,1-3H3/t19-,20-,30+/m0/s1. The molecule has 0 radical (unpaired) electrons. The van der Waals surface area contributed by atoms with E-state index in [-0.39, 0.29) is 17.6 Å². The van der Waals surface area contributed by atoms with Gasteiger partial charge >= 0.3 is 0 Å². The number of fused-ring (bicyclic) bond motifs is 1. The Morgan fingerprint density at radius 2 is 1.54 bits per heavy atom. The summed E-state index contributed by atoms with van der Waals surface area (Å²) in [7, 11) is 0. The van der Waals surface area contributed by atoms with Gasteiger partial charge in [-0.25, -0.2) is 0 Å². The van der Waals surface area contributed by atoms with Gasteiger partial charge in [-0.3, -0.25) is 4.90 Å². The lowest BCUT2D eigenvalue weighted by atomic mass is 9.86. The van der Waals surface area contributed by atoms with Gasteiger partial charge in [-0.05, 0) is 71.9 Å². The minimum Gasteiger partial charge on any atom is -0.508 e. The molecule has 1 fully saturated rings. The highest BCUT2D eigenvalue weighted by Gasteiger charge is 2.30. The number of phenolic OH excluding ortho intramolecular Hbond substituents is 2. The van der Waals surface area contributed by atoms with Crippen LogP contribution in [0.25, 0.3) is 11.1 Å². The molecule has 182 valence electrons. The van der Waals surface area contributed by atoms with Crippen molar-refractivity contribution in [3.8, 4) is 23.0 Å². The molecule has 5 nitrogen and oxygen atoms in total. The maximum absolute atomic E-state index is 10.0. The summed E-state index contributed by atoms with van der Waals surface area (Å²) in [4.78, 5) is 2.48. The summed E-state index contributed by atoms with van der Waals surface area (Å²) >= 11 is 0. The Hall–Kier alpha value is -3.44. The maximum atomic E-state index is 10.0. The number of benzene rings is 3. The second-order valence-corrected chi connectivity index (χ2v) is 9.90. The van der Waals surface area contributed by atoms with E-state index in [4.69, 9.17) is 9.47 Å². The van der Waals surface area contributed by atoms with E-state index in [0.29, 0.717) is 12.4 Å². The molecule has 35 heavy (non-hydrogen) atoms.